The van der Waals surface area contributed by atoms with E-state index in [1.165, 1.54) is 0 Å². The van der Waals surface area contributed by atoms with Gasteiger partial charge in [0, 0.05) is 5.56 Å². The first-order valence-electron chi connectivity index (χ1n) is 8.55. The van der Waals surface area contributed by atoms with Gasteiger partial charge in [0.25, 0.3) is 0 Å². The number of aromatic nitrogens is 1. The summed E-state index contributed by atoms with van der Waals surface area (Å²) in [6, 6.07) is 7.21. The van der Waals surface area contributed by atoms with Crippen molar-refractivity contribution in [3.05, 3.63) is 34.8 Å². The van der Waals surface area contributed by atoms with Crippen molar-refractivity contribution < 1.29 is 9.53 Å². The summed E-state index contributed by atoms with van der Waals surface area (Å²) in [5, 5.41) is 3.95. The fourth-order valence-corrected chi connectivity index (χ4v) is 3.63. The first-order valence-corrected chi connectivity index (χ1v) is 9.36. The second kappa shape index (κ2) is 9.90. The molecule has 2 rings (SSSR count). The van der Waals surface area contributed by atoms with Crippen LogP contribution in [0.3, 0.4) is 0 Å². The summed E-state index contributed by atoms with van der Waals surface area (Å²) in [7, 11) is 1.65. The van der Waals surface area contributed by atoms with Crippen LogP contribution in [0.15, 0.2) is 24.3 Å². The van der Waals surface area contributed by atoms with E-state index >= 15 is 0 Å². The minimum atomic E-state index is -0.485. The van der Waals surface area contributed by atoms with Crippen molar-refractivity contribution in [2.24, 2.45) is 11.7 Å². The molecule has 1 amide bonds. The lowest BCUT2D eigenvalue weighted by atomic mass is 9.99. The van der Waals surface area contributed by atoms with Crippen LogP contribution < -0.4 is 15.8 Å². The molecule has 1 heterocycles. The van der Waals surface area contributed by atoms with Crippen LogP contribution in [0.5, 0.6) is 5.75 Å². The van der Waals surface area contributed by atoms with E-state index in [1.54, 1.807) is 18.4 Å². The van der Waals surface area contributed by atoms with E-state index in [2.05, 4.69) is 10.3 Å². The molecule has 0 aliphatic carbocycles. The Morgan fingerprint density at radius 3 is 2.46 bits per heavy atom. The summed E-state index contributed by atoms with van der Waals surface area (Å²) < 4.78 is 5.19. The highest BCUT2D eigenvalue weighted by Crippen LogP contribution is 2.32. The number of benzene rings is 1. The van der Waals surface area contributed by atoms with Crippen molar-refractivity contribution in [3.63, 3.8) is 0 Å². The largest absolute Gasteiger partial charge is 0.497 e. The fraction of sp³-hybridized carbons (Fsp3) is 0.474. The second-order valence-corrected chi connectivity index (χ2v) is 7.37. The van der Waals surface area contributed by atoms with Crippen LogP contribution in [-0.4, -0.2) is 24.0 Å². The first kappa shape index (κ1) is 22.4. The summed E-state index contributed by atoms with van der Waals surface area (Å²) in [5.74, 6) is 0.863. The molecule has 26 heavy (non-hydrogen) atoms. The van der Waals surface area contributed by atoms with Gasteiger partial charge in [0.05, 0.1) is 29.8 Å². The molecule has 0 spiro atoms. The fourth-order valence-electron chi connectivity index (χ4n) is 2.55. The number of aryl methyl sites for hydroxylation is 1. The zero-order chi connectivity index (χ0) is 18.6. The van der Waals surface area contributed by atoms with Crippen molar-refractivity contribution in [3.8, 4) is 16.3 Å². The molecule has 3 unspecified atom stereocenters. The van der Waals surface area contributed by atoms with Gasteiger partial charge in [0.15, 0.2) is 0 Å². The number of nitrogens with two attached hydrogens (primary N) is 1. The number of halogens is 1. The monoisotopic (exact) mass is 397 g/mol. The number of amides is 1. The van der Waals surface area contributed by atoms with Crippen LogP contribution in [0.25, 0.3) is 10.6 Å². The van der Waals surface area contributed by atoms with Crippen molar-refractivity contribution in [1.82, 2.24) is 10.3 Å². The Hall–Kier alpha value is -1.63. The predicted octanol–water partition coefficient (Wildman–Crippen LogP) is 4.10. The molecule has 5 nitrogen and oxygen atoms in total. The highest BCUT2D eigenvalue weighted by atomic mass is 35.5. The Kier molecular flexibility index (Phi) is 8.53. The molecule has 0 aliphatic rings. The molecule has 0 radical (unpaired) electrons. The van der Waals surface area contributed by atoms with Crippen molar-refractivity contribution >= 4 is 29.7 Å². The van der Waals surface area contributed by atoms with Gasteiger partial charge in [-0.1, -0.05) is 20.3 Å². The lowest BCUT2D eigenvalue weighted by molar-refractivity contribution is -0.124. The molecule has 0 bridgehead atoms. The number of carbonyl (C=O) groups excluding carboxylic acids is 1. The number of hydrogen-bond donors (Lipinski definition) is 2. The highest BCUT2D eigenvalue weighted by molar-refractivity contribution is 7.15. The zero-order valence-electron chi connectivity index (χ0n) is 15.9. The number of nitrogens with zero attached hydrogens (tertiary/aromatic N) is 1. The van der Waals surface area contributed by atoms with Gasteiger partial charge >= 0.3 is 0 Å². The number of thiazole rings is 1. The van der Waals surface area contributed by atoms with Gasteiger partial charge in [-0.3, -0.25) is 4.79 Å². The first-order chi connectivity index (χ1) is 11.9. The summed E-state index contributed by atoms with van der Waals surface area (Å²) in [6.07, 6.45) is 0.879. The molecule has 0 aliphatic heterocycles. The van der Waals surface area contributed by atoms with E-state index in [-0.39, 0.29) is 30.3 Å². The normalized spacial score (nSPS) is 14.1. The lowest BCUT2D eigenvalue weighted by Gasteiger charge is -2.20. The van der Waals surface area contributed by atoms with E-state index < -0.39 is 6.04 Å². The van der Waals surface area contributed by atoms with Crippen LogP contribution in [-0.2, 0) is 4.79 Å². The molecule has 0 fully saturated rings. The number of hydrogen-bond acceptors (Lipinski definition) is 5. The quantitative estimate of drug-likeness (QED) is 0.737. The molecule has 7 heteroatoms. The average Bonchev–Trinajstić information content (AvgIpc) is 3.02. The number of nitrogens with one attached hydrogen (secondary N) is 1. The number of carbonyl (C=O) groups is 1. The Bertz CT molecular complexity index is 718. The van der Waals surface area contributed by atoms with Gasteiger partial charge in [-0.05, 0) is 44.0 Å². The van der Waals surface area contributed by atoms with Crippen molar-refractivity contribution in [2.75, 3.05) is 7.11 Å². The zero-order valence-corrected chi connectivity index (χ0v) is 17.5. The molecule has 1 aromatic heterocycles. The van der Waals surface area contributed by atoms with Crippen LogP contribution >= 0.6 is 23.7 Å². The number of ether oxygens (including phenoxy) is 1. The predicted molar refractivity (Wildman–Crippen MR) is 110 cm³/mol. The van der Waals surface area contributed by atoms with Gasteiger partial charge in [0.2, 0.25) is 5.91 Å². The molecule has 3 atom stereocenters. The molecule has 144 valence electrons. The van der Waals surface area contributed by atoms with Gasteiger partial charge in [-0.25, -0.2) is 4.98 Å². The molecule has 3 N–H and O–H groups in total. The molecule has 0 saturated heterocycles. The number of rotatable bonds is 7. The van der Waals surface area contributed by atoms with E-state index in [4.69, 9.17) is 10.5 Å². The highest BCUT2D eigenvalue weighted by Gasteiger charge is 2.23. The standard InChI is InChI=1S/C19H27N3O2S.ClH/c1-6-11(2)16(20)18(23)21-12(3)17-13(4)22-19(25-17)14-7-9-15(24-5)10-8-14;/h7-12,16H,6,20H2,1-5H3,(H,21,23);1H. The average molecular weight is 398 g/mol. The van der Waals surface area contributed by atoms with Crippen LogP contribution in [0.2, 0.25) is 0 Å². The minimum absolute atomic E-state index is 0. The molecule has 0 saturated carbocycles. The summed E-state index contributed by atoms with van der Waals surface area (Å²) >= 11 is 1.59. The topological polar surface area (TPSA) is 77.2 Å². The second-order valence-electron chi connectivity index (χ2n) is 6.34. The van der Waals surface area contributed by atoms with E-state index in [1.807, 2.05) is 52.0 Å². The third-order valence-corrected chi connectivity index (χ3v) is 5.87. The third kappa shape index (κ3) is 5.19. The summed E-state index contributed by atoms with van der Waals surface area (Å²) in [6.45, 7) is 7.97. The van der Waals surface area contributed by atoms with Crippen LogP contribution in [0.4, 0.5) is 0 Å². The Morgan fingerprint density at radius 2 is 1.92 bits per heavy atom. The van der Waals surface area contributed by atoms with Gasteiger partial charge in [0.1, 0.15) is 10.8 Å². The Balaban J connectivity index is 0.00000338. The van der Waals surface area contributed by atoms with E-state index in [0.29, 0.717) is 0 Å². The lowest BCUT2D eigenvalue weighted by Crippen LogP contribution is -2.45. The van der Waals surface area contributed by atoms with Gasteiger partial charge in [-0.15, -0.1) is 23.7 Å². The SMILES string of the molecule is CCC(C)C(N)C(=O)NC(C)c1sc(-c2ccc(OC)cc2)nc1C.Cl. The van der Waals surface area contributed by atoms with Gasteiger partial charge < -0.3 is 15.8 Å². The summed E-state index contributed by atoms with van der Waals surface area (Å²) in [5.41, 5.74) is 7.99. The van der Waals surface area contributed by atoms with Crippen LogP contribution in [0.1, 0.15) is 43.8 Å². The molecular weight excluding hydrogens is 370 g/mol. The molecule has 1 aromatic carbocycles. The molecule has 2 aromatic rings. The maximum Gasteiger partial charge on any atom is 0.237 e. The van der Waals surface area contributed by atoms with E-state index in [0.717, 1.165) is 33.3 Å². The van der Waals surface area contributed by atoms with Crippen LogP contribution in [0, 0.1) is 12.8 Å². The third-order valence-electron chi connectivity index (χ3n) is 4.48. The Labute approximate surface area is 165 Å². The van der Waals surface area contributed by atoms with Gasteiger partial charge in [-0.2, -0.15) is 0 Å². The minimum Gasteiger partial charge on any atom is -0.497 e. The maximum atomic E-state index is 12.3. The van der Waals surface area contributed by atoms with E-state index in [9.17, 15) is 4.79 Å². The summed E-state index contributed by atoms with van der Waals surface area (Å²) in [4.78, 5) is 18.0. The van der Waals surface area contributed by atoms with Crippen molar-refractivity contribution in [1.29, 1.82) is 0 Å². The smallest absolute Gasteiger partial charge is 0.237 e. The number of methoxy groups -OCH3 is 1. The Morgan fingerprint density at radius 1 is 1.31 bits per heavy atom. The maximum absolute atomic E-state index is 12.3. The molecular formula is C19H28ClN3O2S. The van der Waals surface area contributed by atoms with Crippen molar-refractivity contribution in [2.45, 2.75) is 46.2 Å².